The van der Waals surface area contributed by atoms with E-state index in [4.69, 9.17) is 18.9 Å². The maximum Gasteiger partial charge on any atom is 2.00 e. The van der Waals surface area contributed by atoms with Gasteiger partial charge in [-0.15, -0.1) is 0 Å². The van der Waals surface area contributed by atoms with Crippen molar-refractivity contribution in [3.63, 3.8) is 0 Å². The first-order valence-corrected chi connectivity index (χ1v) is 56.9. The number of unbranched alkanes of at least 4 members (excludes halogenated alkanes) is 72. The summed E-state index contributed by atoms with van der Waals surface area (Å²) >= 11 is 0. The third-order valence-corrected chi connectivity index (χ3v) is 26.8. The van der Waals surface area contributed by atoms with Crippen molar-refractivity contribution in [2.75, 3.05) is 26.4 Å². The van der Waals surface area contributed by atoms with E-state index in [9.17, 15) is 45.1 Å². The minimum atomic E-state index is -5.03. The first-order chi connectivity index (χ1) is 62.6. The van der Waals surface area contributed by atoms with Gasteiger partial charge in [0.15, 0.2) is 0 Å². The van der Waals surface area contributed by atoms with E-state index in [0.717, 1.165) is 128 Å². The van der Waals surface area contributed by atoms with Crippen LogP contribution in [-0.4, -0.2) is 114 Å². The molecule has 2 aromatic carbocycles. The minimum Gasteiger partial charge on any atom is -0.744 e. The van der Waals surface area contributed by atoms with Gasteiger partial charge in [-0.2, -0.15) is 0 Å². The van der Waals surface area contributed by atoms with Crippen molar-refractivity contribution in [1.29, 1.82) is 0 Å². The van der Waals surface area contributed by atoms with Crippen molar-refractivity contribution >= 4 is 81.9 Å². The fourth-order valence-electron chi connectivity index (χ4n) is 16.8. The van der Waals surface area contributed by atoms with E-state index in [1.807, 2.05) is 0 Å². The summed E-state index contributed by atoms with van der Waals surface area (Å²) in [6.07, 6.45) is 118. The van der Waals surface area contributed by atoms with Crippen LogP contribution in [0.25, 0.3) is 0 Å². The molecular weight excluding hydrogens is 1670 g/mol. The van der Waals surface area contributed by atoms with Gasteiger partial charge in [0.1, 0.15) is 20.2 Å². The number of ether oxygens (including phenoxy) is 4. The van der Waals surface area contributed by atoms with Crippen molar-refractivity contribution in [2.24, 2.45) is 0 Å². The van der Waals surface area contributed by atoms with Gasteiger partial charge in [0, 0.05) is 0 Å². The van der Waals surface area contributed by atoms with Gasteiger partial charge < -0.3 is 28.1 Å². The Kier molecular flexibility index (Phi) is 93.3. The molecule has 0 radical (unpaired) electrons. The Morgan fingerprint density at radius 2 is 0.357 bits per heavy atom. The molecule has 129 heavy (non-hydrogen) atoms. The fraction of sp³-hybridized carbons (Fsp3) is 0.786. The van der Waals surface area contributed by atoms with Gasteiger partial charge in [0.25, 0.3) is 0 Å². The Morgan fingerprint density at radius 1 is 0.217 bits per heavy atom. The number of esters is 4. The molecule has 0 fully saturated rings. The molecule has 2 aromatic rings. The summed E-state index contributed by atoms with van der Waals surface area (Å²) in [5, 5.41) is 0. The van der Waals surface area contributed by atoms with Crippen molar-refractivity contribution in [1.82, 2.24) is 0 Å². The quantitative estimate of drug-likeness (QED) is 0.0150. The summed E-state index contributed by atoms with van der Waals surface area (Å²) in [5.41, 5.74) is -1.57. The number of carbonyl (C=O) groups is 4. The normalized spacial score (nSPS) is 11.8. The molecule has 0 bridgehead atoms. The molecule has 17 heteroatoms. The minimum absolute atomic E-state index is 0. The van der Waals surface area contributed by atoms with E-state index >= 15 is 0 Å². The van der Waals surface area contributed by atoms with Crippen LogP contribution in [0.3, 0.4) is 0 Å². The van der Waals surface area contributed by atoms with Gasteiger partial charge in [-0.1, -0.05) is 474 Å². The van der Waals surface area contributed by atoms with Crippen LogP contribution in [0, 0.1) is 0 Å². The molecule has 0 aromatic heterocycles. The Balaban J connectivity index is 0.00000252. The van der Waals surface area contributed by atoms with Gasteiger partial charge in [0.05, 0.1) is 58.5 Å². The molecule has 14 nitrogen and oxygen atoms in total. The topological polar surface area (TPSA) is 220 Å². The van der Waals surface area contributed by atoms with Crippen molar-refractivity contribution in [3.05, 3.63) is 107 Å². The van der Waals surface area contributed by atoms with Gasteiger partial charge >= 0.3 is 61.6 Å². The predicted molar refractivity (Wildman–Crippen MR) is 544 cm³/mol. The number of hydrogen-bond donors (Lipinski definition) is 0. The van der Waals surface area contributed by atoms with Crippen molar-refractivity contribution in [3.8, 4) is 0 Å². The summed E-state index contributed by atoms with van der Waals surface area (Å²) in [7, 11) is -10.1. The summed E-state index contributed by atoms with van der Waals surface area (Å²) in [6.45, 7) is 9.57. The molecular formula is C112H194CaO14S2. The molecule has 0 saturated carbocycles. The standard InChI is InChI=1S/2C56H98O7S.Ca/c2*1-3-5-7-9-11-13-15-17-19-21-23-25-27-29-31-33-35-37-39-41-43-45-50-62-55(57)52-48-47-49-53(64(59,60)61)54(52)56(58)63-51-46-44-42-40-38-36-34-32-30-28-26-24-22-20-18-16-14-12-10-8-6-4-2;/h2*29-32,47-49H,3-28,33-46,50-51H2,1-2H3,(H,59,60,61);/q;;+2/p-2/b2*31-29+,32-30+;. The average Bonchev–Trinajstić information content (AvgIpc) is 0.794. The van der Waals surface area contributed by atoms with Crippen molar-refractivity contribution in [2.45, 2.75) is 551 Å². The maximum atomic E-state index is 13.1. The first kappa shape index (κ1) is 125. The SMILES string of the molecule is CCCCCCCCCCCCCC/C=C/CCCCCCCCOC(=O)c1cccc(S(=O)(=O)[O-])c1C(=O)OCCCCCCCC/C=C/CCCCCCCCCCCCCC.CCCCCCCCCCCCCC/C=C/CCCCCCCCOC(=O)c1cccc(S(=O)(=O)[O-])c1C(=O)OCCCCCCCC/C=C/CCCCCCCCCCCCCC.[Ca+2]. The van der Waals surface area contributed by atoms with Gasteiger partial charge in [0.2, 0.25) is 0 Å². The zero-order valence-corrected chi connectivity index (χ0v) is 87.6. The maximum absolute atomic E-state index is 13.1. The van der Waals surface area contributed by atoms with Crippen LogP contribution in [0.2, 0.25) is 0 Å². The Morgan fingerprint density at radius 3 is 0.512 bits per heavy atom. The molecule has 0 aliphatic carbocycles. The number of carbonyl (C=O) groups excluding carboxylic acids is 4. The fourth-order valence-corrected chi connectivity index (χ4v) is 18.2. The largest absolute Gasteiger partial charge is 2.00 e. The summed E-state index contributed by atoms with van der Waals surface area (Å²) in [6, 6.07) is 7.27. The third kappa shape index (κ3) is 80.2. The number of hydrogen-bond acceptors (Lipinski definition) is 14. The molecule has 0 amide bonds. The molecule has 0 heterocycles. The first-order valence-electron chi connectivity index (χ1n) is 54.1. The molecule has 0 N–H and O–H groups in total. The summed E-state index contributed by atoms with van der Waals surface area (Å²) < 4.78 is 94.0. The zero-order chi connectivity index (χ0) is 92.9. The van der Waals surface area contributed by atoms with Crippen LogP contribution in [0.1, 0.15) is 583 Å². The number of benzene rings is 2. The van der Waals surface area contributed by atoms with E-state index in [1.165, 1.54) is 397 Å². The van der Waals surface area contributed by atoms with Crippen LogP contribution < -0.4 is 0 Å². The van der Waals surface area contributed by atoms with Gasteiger partial charge in [-0.3, -0.25) is 0 Å². The van der Waals surface area contributed by atoms with E-state index in [0.29, 0.717) is 25.7 Å². The van der Waals surface area contributed by atoms with Crippen LogP contribution in [0.5, 0.6) is 0 Å². The van der Waals surface area contributed by atoms with Gasteiger partial charge in [-0.05, 0) is 153 Å². The third-order valence-electron chi connectivity index (χ3n) is 25.0. The molecule has 0 aliphatic rings. The zero-order valence-electron chi connectivity index (χ0n) is 83.7. The summed E-state index contributed by atoms with van der Waals surface area (Å²) in [5.74, 6) is -3.63. The van der Waals surface area contributed by atoms with E-state index in [-0.39, 0.29) is 75.3 Å². The molecule has 2 rings (SSSR count). The predicted octanol–water partition coefficient (Wildman–Crippen LogP) is 34.9. The monoisotopic (exact) mass is 1870 g/mol. The van der Waals surface area contributed by atoms with E-state index in [2.05, 4.69) is 76.3 Å². The van der Waals surface area contributed by atoms with Crippen molar-refractivity contribution < 1.29 is 64.1 Å². The van der Waals surface area contributed by atoms with E-state index < -0.39 is 65.0 Å². The average molecular weight is 1870 g/mol. The van der Waals surface area contributed by atoms with Crippen LogP contribution in [-0.2, 0) is 39.2 Å². The van der Waals surface area contributed by atoms with E-state index in [1.54, 1.807) is 0 Å². The van der Waals surface area contributed by atoms with Crippen LogP contribution >= 0.6 is 0 Å². The van der Waals surface area contributed by atoms with Gasteiger partial charge in [-0.25, -0.2) is 36.0 Å². The Hall–Kier alpha value is -3.64. The smallest absolute Gasteiger partial charge is 0.744 e. The second-order valence-electron chi connectivity index (χ2n) is 37.0. The second-order valence-corrected chi connectivity index (χ2v) is 39.7. The Bertz CT molecular complexity index is 3020. The van der Waals surface area contributed by atoms with Crippen LogP contribution in [0.15, 0.2) is 94.8 Å². The Labute approximate surface area is 824 Å². The number of allylic oxidation sites excluding steroid dienone is 8. The molecule has 0 spiro atoms. The molecule has 0 aliphatic heterocycles. The second kappa shape index (κ2) is 96.1. The molecule has 0 atom stereocenters. The molecule has 740 valence electrons. The van der Waals surface area contributed by atoms with Crippen LogP contribution in [0.4, 0.5) is 0 Å². The summed E-state index contributed by atoms with van der Waals surface area (Å²) in [4.78, 5) is 50.7. The molecule has 0 saturated heterocycles. The molecule has 0 unspecified atom stereocenters. The number of rotatable bonds is 94.